The Kier molecular flexibility index (Phi) is 9.81. The Morgan fingerprint density at radius 2 is 1.36 bits per heavy atom. The van der Waals surface area contributed by atoms with Gasteiger partial charge >= 0.3 is 0 Å². The van der Waals surface area contributed by atoms with Crippen LogP contribution in [-0.4, -0.2) is 36.1 Å². The summed E-state index contributed by atoms with van der Waals surface area (Å²) in [6.07, 6.45) is 2.05. The number of phenols is 1. The van der Waals surface area contributed by atoms with Crippen molar-refractivity contribution in [2.24, 2.45) is 5.92 Å². The lowest BCUT2D eigenvalue weighted by atomic mass is 9.78. The van der Waals surface area contributed by atoms with Gasteiger partial charge in [0.25, 0.3) is 0 Å². The van der Waals surface area contributed by atoms with Crippen LogP contribution in [0.4, 0.5) is 0 Å². The molecule has 0 aliphatic rings. The van der Waals surface area contributed by atoms with Crippen LogP contribution in [0.1, 0.15) is 79.4 Å². The Bertz CT molecular complexity index is 820. The van der Waals surface area contributed by atoms with Gasteiger partial charge in [-0.2, -0.15) is 0 Å². The molecule has 0 spiro atoms. The molecular weight excluding hydrogens is 412 g/mol. The lowest BCUT2D eigenvalue weighted by Crippen LogP contribution is -2.36. The highest BCUT2D eigenvalue weighted by Gasteiger charge is 2.26. The first-order chi connectivity index (χ1) is 15.4. The number of benzene rings is 2. The molecule has 0 fully saturated rings. The van der Waals surface area contributed by atoms with Gasteiger partial charge in [0.15, 0.2) is 0 Å². The molecule has 0 heterocycles. The fourth-order valence-electron chi connectivity index (χ4n) is 3.93. The fraction of sp³-hybridized carbons (Fsp3) is 0.586. The van der Waals surface area contributed by atoms with Crippen LogP contribution in [-0.2, 0) is 14.9 Å². The molecule has 4 nitrogen and oxygen atoms in total. The Morgan fingerprint density at radius 1 is 0.818 bits per heavy atom. The van der Waals surface area contributed by atoms with Crippen molar-refractivity contribution < 1.29 is 19.3 Å². The van der Waals surface area contributed by atoms with Crippen LogP contribution < -0.4 is 4.74 Å². The monoisotopic (exact) mass is 456 g/mol. The molecule has 0 radical (unpaired) electrons. The third kappa shape index (κ3) is 9.02. The van der Waals surface area contributed by atoms with E-state index in [0.29, 0.717) is 19.1 Å². The van der Waals surface area contributed by atoms with Crippen molar-refractivity contribution in [2.75, 3.05) is 13.2 Å². The van der Waals surface area contributed by atoms with E-state index in [1.807, 2.05) is 24.3 Å². The molecule has 1 unspecified atom stereocenters. The lowest BCUT2D eigenvalue weighted by Gasteiger charge is -2.32. The average Bonchev–Trinajstić information content (AvgIpc) is 2.71. The van der Waals surface area contributed by atoms with Crippen molar-refractivity contribution in [1.29, 1.82) is 0 Å². The van der Waals surface area contributed by atoms with Crippen molar-refractivity contribution in [3.05, 3.63) is 59.7 Å². The lowest BCUT2D eigenvalue weighted by molar-refractivity contribution is -0.107. The van der Waals surface area contributed by atoms with Crippen molar-refractivity contribution in [3.63, 3.8) is 0 Å². The van der Waals surface area contributed by atoms with Crippen LogP contribution in [0.25, 0.3) is 0 Å². The Hall–Kier alpha value is -2.04. The van der Waals surface area contributed by atoms with E-state index in [4.69, 9.17) is 14.2 Å². The minimum Gasteiger partial charge on any atom is -0.508 e. The molecule has 4 heteroatoms. The largest absolute Gasteiger partial charge is 0.508 e. The van der Waals surface area contributed by atoms with E-state index >= 15 is 0 Å². The molecule has 0 aliphatic carbocycles. The Balaban J connectivity index is 2.00. The molecule has 33 heavy (non-hydrogen) atoms. The van der Waals surface area contributed by atoms with E-state index in [-0.39, 0.29) is 29.0 Å². The molecule has 0 bridgehead atoms. The van der Waals surface area contributed by atoms with Gasteiger partial charge in [-0.25, -0.2) is 0 Å². The van der Waals surface area contributed by atoms with Crippen LogP contribution in [0.2, 0.25) is 0 Å². The summed E-state index contributed by atoms with van der Waals surface area (Å²) in [6, 6.07) is 15.7. The van der Waals surface area contributed by atoms with Crippen LogP contribution in [0.5, 0.6) is 11.5 Å². The summed E-state index contributed by atoms with van der Waals surface area (Å²) in [7, 11) is 0. The number of rotatable bonds is 13. The average molecular weight is 457 g/mol. The van der Waals surface area contributed by atoms with Gasteiger partial charge in [0.1, 0.15) is 18.1 Å². The zero-order chi connectivity index (χ0) is 24.6. The molecule has 1 atom stereocenters. The van der Waals surface area contributed by atoms with Gasteiger partial charge in [0.2, 0.25) is 0 Å². The van der Waals surface area contributed by atoms with Gasteiger partial charge in [0.05, 0.1) is 17.8 Å². The standard InChI is InChI=1S/C29H44O4/c1-21(2)19-27(33-28(5,6)17-18-31-22(3)4)20-32-26-15-11-24(12-16-26)29(7,8)23-9-13-25(30)14-10-23/h9-16,21-22,27,30H,17-20H2,1-8H3. The first-order valence-electron chi connectivity index (χ1n) is 12.2. The summed E-state index contributed by atoms with van der Waals surface area (Å²) in [5.41, 5.74) is 1.91. The van der Waals surface area contributed by atoms with Crippen molar-refractivity contribution in [3.8, 4) is 11.5 Å². The summed E-state index contributed by atoms with van der Waals surface area (Å²) < 4.78 is 18.4. The van der Waals surface area contributed by atoms with Crippen molar-refractivity contribution in [2.45, 2.75) is 91.5 Å². The van der Waals surface area contributed by atoms with Gasteiger partial charge in [-0.3, -0.25) is 0 Å². The topological polar surface area (TPSA) is 47.9 Å². The van der Waals surface area contributed by atoms with Gasteiger partial charge < -0.3 is 19.3 Å². The van der Waals surface area contributed by atoms with Crippen LogP contribution in [0.15, 0.2) is 48.5 Å². The Labute approximate surface area is 201 Å². The minimum absolute atomic E-state index is 0.0205. The quantitative estimate of drug-likeness (QED) is 0.348. The number of hydrogen-bond donors (Lipinski definition) is 1. The van der Waals surface area contributed by atoms with Gasteiger partial charge in [-0.15, -0.1) is 0 Å². The summed E-state index contributed by atoms with van der Waals surface area (Å²) in [6.45, 7) is 18.4. The van der Waals surface area contributed by atoms with E-state index in [0.717, 1.165) is 24.2 Å². The smallest absolute Gasteiger partial charge is 0.119 e. The molecule has 0 saturated carbocycles. The molecule has 0 aromatic heterocycles. The number of phenolic OH excluding ortho intramolecular Hbond substituents is 1. The van der Waals surface area contributed by atoms with E-state index in [9.17, 15) is 5.11 Å². The second kappa shape index (κ2) is 11.9. The molecular formula is C29H44O4. The maximum absolute atomic E-state index is 9.59. The summed E-state index contributed by atoms with van der Waals surface area (Å²) in [4.78, 5) is 0. The van der Waals surface area contributed by atoms with E-state index in [1.54, 1.807) is 12.1 Å². The van der Waals surface area contributed by atoms with Gasteiger partial charge in [0, 0.05) is 12.0 Å². The molecule has 184 valence electrons. The highest BCUT2D eigenvalue weighted by atomic mass is 16.5. The second-order valence-electron chi connectivity index (χ2n) is 10.8. The first kappa shape index (κ1) is 27.2. The minimum atomic E-state index is -0.268. The Morgan fingerprint density at radius 3 is 1.88 bits per heavy atom. The van der Waals surface area contributed by atoms with E-state index < -0.39 is 0 Å². The normalized spacial score (nSPS) is 13.5. The first-order valence-corrected chi connectivity index (χ1v) is 12.2. The van der Waals surface area contributed by atoms with Crippen LogP contribution in [0.3, 0.4) is 0 Å². The number of ether oxygens (including phenoxy) is 3. The highest BCUT2D eigenvalue weighted by Crippen LogP contribution is 2.33. The van der Waals surface area contributed by atoms with Gasteiger partial charge in [-0.1, -0.05) is 52.0 Å². The fourth-order valence-corrected chi connectivity index (χ4v) is 3.93. The molecule has 1 N–H and O–H groups in total. The van der Waals surface area contributed by atoms with Gasteiger partial charge in [-0.05, 0) is 81.8 Å². The second-order valence-corrected chi connectivity index (χ2v) is 10.8. The molecule has 0 aliphatic heterocycles. The maximum atomic E-state index is 9.59. The molecule has 0 saturated heterocycles. The summed E-state index contributed by atoms with van der Waals surface area (Å²) in [5, 5.41) is 9.59. The van der Waals surface area contributed by atoms with Crippen molar-refractivity contribution >= 4 is 0 Å². The molecule has 2 aromatic carbocycles. The molecule has 0 amide bonds. The predicted molar refractivity (Wildman–Crippen MR) is 136 cm³/mol. The zero-order valence-corrected chi connectivity index (χ0v) is 21.9. The molecule has 2 rings (SSSR count). The third-order valence-electron chi connectivity index (χ3n) is 5.98. The van der Waals surface area contributed by atoms with E-state index in [1.165, 1.54) is 5.56 Å². The van der Waals surface area contributed by atoms with Crippen molar-refractivity contribution in [1.82, 2.24) is 0 Å². The highest BCUT2D eigenvalue weighted by molar-refractivity contribution is 5.41. The van der Waals surface area contributed by atoms with Crippen LogP contribution >= 0.6 is 0 Å². The molecule has 2 aromatic rings. The SMILES string of the molecule is CC(C)CC(COc1ccc(C(C)(C)c2ccc(O)cc2)cc1)OC(C)(C)CCOC(C)C. The number of aromatic hydroxyl groups is 1. The third-order valence-corrected chi connectivity index (χ3v) is 5.98. The zero-order valence-electron chi connectivity index (χ0n) is 21.9. The maximum Gasteiger partial charge on any atom is 0.119 e. The predicted octanol–water partition coefficient (Wildman–Crippen LogP) is 7.12. The summed E-state index contributed by atoms with van der Waals surface area (Å²) >= 11 is 0. The number of hydrogen-bond acceptors (Lipinski definition) is 4. The van der Waals surface area contributed by atoms with E-state index in [2.05, 4.69) is 67.5 Å². The summed E-state index contributed by atoms with van der Waals surface area (Å²) in [5.74, 6) is 1.65. The van der Waals surface area contributed by atoms with Crippen LogP contribution in [0, 0.1) is 5.92 Å².